The number of amides is 1. The average Bonchev–Trinajstić information content (AvgIpc) is 2.55. The minimum atomic E-state index is -3.83. The van der Waals surface area contributed by atoms with E-state index in [1.807, 2.05) is 13.8 Å². The van der Waals surface area contributed by atoms with Crippen molar-refractivity contribution < 1.29 is 27.9 Å². The van der Waals surface area contributed by atoms with E-state index < -0.39 is 27.7 Å². The van der Waals surface area contributed by atoms with Crippen LogP contribution in [0.5, 0.6) is 5.75 Å². The Bertz CT molecular complexity index is 753. The second-order valence-electron chi connectivity index (χ2n) is 6.97. The van der Waals surface area contributed by atoms with E-state index in [0.29, 0.717) is 37.4 Å². The van der Waals surface area contributed by atoms with Crippen LogP contribution < -0.4 is 9.46 Å². The van der Waals surface area contributed by atoms with Gasteiger partial charge in [0.2, 0.25) is 15.9 Å². The number of rotatable bonds is 8. The molecule has 2 N–H and O–H groups in total. The molecule has 9 heteroatoms. The van der Waals surface area contributed by atoms with Crippen molar-refractivity contribution in [2.45, 2.75) is 39.2 Å². The van der Waals surface area contributed by atoms with Gasteiger partial charge in [-0.05, 0) is 56.9 Å². The Morgan fingerprint density at radius 2 is 1.81 bits per heavy atom. The first kappa shape index (κ1) is 21.0. The van der Waals surface area contributed by atoms with Gasteiger partial charge in [0.15, 0.2) is 0 Å². The van der Waals surface area contributed by atoms with E-state index in [2.05, 4.69) is 4.72 Å². The number of hydrogen-bond donors (Lipinski definition) is 2. The normalized spacial score (nSPS) is 15.6. The summed E-state index contributed by atoms with van der Waals surface area (Å²) in [6, 6.07) is 6.48. The standard InChI is InChI=1S/C18H26N2O6S/c1-13(2)26-16-5-3-15(4-6-16)19-27(24,25)12-17(21)20-9-7-14(8-10-20)11-18(22)23/h3-6,13-14,19H,7-12H2,1-2H3,(H,22,23). The smallest absolute Gasteiger partial charge is 0.303 e. The fraction of sp³-hybridized carbons (Fsp3) is 0.556. The van der Waals surface area contributed by atoms with E-state index >= 15 is 0 Å². The van der Waals surface area contributed by atoms with Crippen molar-refractivity contribution in [3.05, 3.63) is 24.3 Å². The largest absolute Gasteiger partial charge is 0.491 e. The summed E-state index contributed by atoms with van der Waals surface area (Å²) in [5.74, 6) is -1.30. The molecular weight excluding hydrogens is 372 g/mol. The molecule has 0 radical (unpaired) electrons. The van der Waals surface area contributed by atoms with Crippen LogP contribution >= 0.6 is 0 Å². The molecule has 27 heavy (non-hydrogen) atoms. The summed E-state index contributed by atoms with van der Waals surface area (Å²) >= 11 is 0. The molecule has 0 atom stereocenters. The molecule has 1 aromatic rings. The third-order valence-electron chi connectivity index (χ3n) is 4.24. The first-order valence-electron chi connectivity index (χ1n) is 8.91. The monoisotopic (exact) mass is 398 g/mol. The SMILES string of the molecule is CC(C)Oc1ccc(NS(=O)(=O)CC(=O)N2CCC(CC(=O)O)CC2)cc1. The fourth-order valence-electron chi connectivity index (χ4n) is 2.98. The van der Waals surface area contributed by atoms with Gasteiger partial charge in [-0.3, -0.25) is 14.3 Å². The van der Waals surface area contributed by atoms with Crippen molar-refractivity contribution >= 4 is 27.6 Å². The van der Waals surface area contributed by atoms with Crippen LogP contribution in [0.2, 0.25) is 0 Å². The lowest BCUT2D eigenvalue weighted by Gasteiger charge is -2.31. The van der Waals surface area contributed by atoms with Gasteiger partial charge in [0.25, 0.3) is 0 Å². The number of aliphatic carboxylic acids is 1. The van der Waals surface area contributed by atoms with Gasteiger partial charge >= 0.3 is 5.97 Å². The van der Waals surface area contributed by atoms with Crippen molar-refractivity contribution in [3.63, 3.8) is 0 Å². The van der Waals surface area contributed by atoms with Gasteiger partial charge in [0.1, 0.15) is 11.5 Å². The predicted octanol–water partition coefficient (Wildman–Crippen LogP) is 1.93. The molecule has 0 saturated carbocycles. The number of ether oxygens (including phenoxy) is 1. The number of piperidine rings is 1. The number of nitrogens with zero attached hydrogens (tertiary/aromatic N) is 1. The number of carboxylic acid groups (broad SMARTS) is 1. The van der Waals surface area contributed by atoms with Crippen LogP contribution in [0.25, 0.3) is 0 Å². The maximum atomic E-state index is 12.3. The summed E-state index contributed by atoms with van der Waals surface area (Å²) in [4.78, 5) is 24.5. The Kier molecular flexibility index (Phi) is 7.06. The number of likely N-dealkylation sites (tertiary alicyclic amines) is 1. The Morgan fingerprint density at radius 3 is 2.33 bits per heavy atom. The van der Waals surface area contributed by atoms with Crippen LogP contribution in [0.3, 0.4) is 0 Å². The molecule has 1 fully saturated rings. The Labute approximate surface area is 159 Å². The molecule has 1 aliphatic heterocycles. The molecule has 150 valence electrons. The molecule has 1 heterocycles. The number of carbonyl (C=O) groups excluding carboxylic acids is 1. The number of benzene rings is 1. The van der Waals surface area contributed by atoms with Gasteiger partial charge in [0, 0.05) is 25.2 Å². The minimum Gasteiger partial charge on any atom is -0.491 e. The molecule has 1 aromatic carbocycles. The Hall–Kier alpha value is -2.29. The van der Waals surface area contributed by atoms with Crippen LogP contribution in [-0.2, 0) is 19.6 Å². The van der Waals surface area contributed by atoms with Gasteiger partial charge in [-0.25, -0.2) is 8.42 Å². The summed E-state index contributed by atoms with van der Waals surface area (Å²) in [7, 11) is -3.83. The molecule has 0 bridgehead atoms. The van der Waals surface area contributed by atoms with Crippen molar-refractivity contribution in [2.24, 2.45) is 5.92 Å². The topological polar surface area (TPSA) is 113 Å². The highest BCUT2D eigenvalue weighted by Crippen LogP contribution is 2.21. The molecule has 0 spiro atoms. The zero-order chi connectivity index (χ0) is 20.0. The number of carbonyl (C=O) groups is 2. The van der Waals surface area contributed by atoms with Gasteiger partial charge in [-0.2, -0.15) is 0 Å². The van der Waals surface area contributed by atoms with E-state index in [4.69, 9.17) is 9.84 Å². The molecule has 8 nitrogen and oxygen atoms in total. The summed E-state index contributed by atoms with van der Waals surface area (Å²) in [6.07, 6.45) is 1.24. The lowest BCUT2D eigenvalue weighted by molar-refractivity contribution is -0.138. The fourth-order valence-corrected chi connectivity index (χ4v) is 4.05. The maximum Gasteiger partial charge on any atom is 0.303 e. The summed E-state index contributed by atoms with van der Waals surface area (Å²) < 4.78 is 32.4. The lowest BCUT2D eigenvalue weighted by atomic mass is 9.94. The molecule has 1 saturated heterocycles. The van der Waals surface area contributed by atoms with E-state index in [1.165, 1.54) is 4.90 Å². The van der Waals surface area contributed by atoms with Crippen molar-refractivity contribution in [1.82, 2.24) is 4.90 Å². The quantitative estimate of drug-likeness (QED) is 0.692. The number of sulfonamides is 1. The number of carboxylic acids is 1. The predicted molar refractivity (Wildman–Crippen MR) is 101 cm³/mol. The van der Waals surface area contributed by atoms with Crippen molar-refractivity contribution in [3.8, 4) is 5.75 Å². The van der Waals surface area contributed by atoms with Crippen molar-refractivity contribution in [2.75, 3.05) is 23.6 Å². The van der Waals surface area contributed by atoms with Gasteiger partial charge in [-0.1, -0.05) is 0 Å². The lowest BCUT2D eigenvalue weighted by Crippen LogP contribution is -2.42. The second-order valence-corrected chi connectivity index (χ2v) is 8.70. The highest BCUT2D eigenvalue weighted by atomic mass is 32.2. The van der Waals surface area contributed by atoms with E-state index in [-0.39, 0.29) is 18.4 Å². The molecule has 2 rings (SSSR count). The zero-order valence-corrected chi connectivity index (χ0v) is 16.4. The Balaban J connectivity index is 1.86. The van der Waals surface area contributed by atoms with Gasteiger partial charge in [-0.15, -0.1) is 0 Å². The van der Waals surface area contributed by atoms with Crippen molar-refractivity contribution in [1.29, 1.82) is 0 Å². The number of anilines is 1. The van der Waals surface area contributed by atoms with E-state index in [0.717, 1.165) is 0 Å². The van der Waals surface area contributed by atoms with Crippen LogP contribution in [0, 0.1) is 5.92 Å². The molecular formula is C18H26N2O6S. The highest BCUT2D eigenvalue weighted by molar-refractivity contribution is 7.93. The van der Waals surface area contributed by atoms with Gasteiger partial charge < -0.3 is 14.7 Å². The number of hydrogen-bond acceptors (Lipinski definition) is 5. The first-order valence-corrected chi connectivity index (χ1v) is 10.6. The Morgan fingerprint density at radius 1 is 1.22 bits per heavy atom. The summed E-state index contributed by atoms with van der Waals surface area (Å²) in [6.45, 7) is 4.56. The molecule has 0 aromatic heterocycles. The van der Waals surface area contributed by atoms with Crippen LogP contribution in [0.4, 0.5) is 5.69 Å². The summed E-state index contributed by atoms with van der Waals surface area (Å²) in [5.41, 5.74) is 0.360. The van der Waals surface area contributed by atoms with Crippen LogP contribution in [0.1, 0.15) is 33.1 Å². The van der Waals surface area contributed by atoms with Gasteiger partial charge in [0.05, 0.1) is 6.10 Å². The maximum absolute atomic E-state index is 12.3. The van der Waals surface area contributed by atoms with E-state index in [1.54, 1.807) is 24.3 Å². The third kappa shape index (κ3) is 7.09. The van der Waals surface area contributed by atoms with Crippen LogP contribution in [-0.4, -0.2) is 55.2 Å². The molecule has 1 aliphatic rings. The first-order chi connectivity index (χ1) is 12.6. The molecule has 0 aliphatic carbocycles. The zero-order valence-electron chi connectivity index (χ0n) is 15.6. The highest BCUT2D eigenvalue weighted by Gasteiger charge is 2.27. The summed E-state index contributed by atoms with van der Waals surface area (Å²) in [5, 5.41) is 8.82. The molecule has 0 unspecified atom stereocenters. The van der Waals surface area contributed by atoms with E-state index in [9.17, 15) is 18.0 Å². The minimum absolute atomic E-state index is 0.0183. The number of nitrogens with one attached hydrogen (secondary N) is 1. The second kappa shape index (κ2) is 9.07. The van der Waals surface area contributed by atoms with Crippen LogP contribution in [0.15, 0.2) is 24.3 Å². The average molecular weight is 398 g/mol. The third-order valence-corrected chi connectivity index (χ3v) is 5.42. The molecule has 1 amide bonds.